The van der Waals surface area contributed by atoms with E-state index in [-0.39, 0.29) is 0 Å². The van der Waals surface area contributed by atoms with Crippen LogP contribution in [0.1, 0.15) is 25.7 Å². The zero-order valence-electron chi connectivity index (χ0n) is 16.4. The van der Waals surface area contributed by atoms with Gasteiger partial charge in [-0.2, -0.15) is 0 Å². The van der Waals surface area contributed by atoms with Crippen molar-refractivity contribution >= 4 is 28.7 Å². The SMILES string of the molecule is CSc1ccccc1-c1cnc2[nH]cc(-c3ccnc(NC4CCCC4)n3)c2c1. The van der Waals surface area contributed by atoms with Gasteiger partial charge in [-0.3, -0.25) is 0 Å². The molecule has 0 atom stereocenters. The monoisotopic (exact) mass is 401 g/mol. The maximum atomic E-state index is 4.79. The van der Waals surface area contributed by atoms with Crippen molar-refractivity contribution in [3.05, 3.63) is 55.0 Å². The van der Waals surface area contributed by atoms with Gasteiger partial charge in [0.2, 0.25) is 5.95 Å². The molecule has 0 spiro atoms. The Balaban J connectivity index is 1.54. The third kappa shape index (κ3) is 3.60. The van der Waals surface area contributed by atoms with E-state index in [2.05, 4.69) is 56.9 Å². The Morgan fingerprint density at radius 3 is 2.79 bits per heavy atom. The summed E-state index contributed by atoms with van der Waals surface area (Å²) < 4.78 is 0. The van der Waals surface area contributed by atoms with Crippen LogP contribution in [0.2, 0.25) is 0 Å². The first-order chi connectivity index (χ1) is 14.3. The summed E-state index contributed by atoms with van der Waals surface area (Å²) in [5.41, 5.74) is 5.14. The van der Waals surface area contributed by atoms with Crippen LogP contribution < -0.4 is 5.32 Å². The van der Waals surface area contributed by atoms with Crippen LogP contribution in [0.3, 0.4) is 0 Å². The molecule has 2 N–H and O–H groups in total. The zero-order chi connectivity index (χ0) is 19.6. The smallest absolute Gasteiger partial charge is 0.223 e. The van der Waals surface area contributed by atoms with E-state index < -0.39 is 0 Å². The molecule has 29 heavy (non-hydrogen) atoms. The lowest BCUT2D eigenvalue weighted by Gasteiger charge is -2.12. The highest BCUT2D eigenvalue weighted by Crippen LogP contribution is 2.34. The normalized spacial score (nSPS) is 14.5. The van der Waals surface area contributed by atoms with Crippen LogP contribution in [-0.4, -0.2) is 32.2 Å². The Hall–Kier alpha value is -2.86. The summed E-state index contributed by atoms with van der Waals surface area (Å²) in [5, 5.41) is 4.57. The number of hydrogen-bond donors (Lipinski definition) is 2. The summed E-state index contributed by atoms with van der Waals surface area (Å²) in [6.45, 7) is 0. The van der Waals surface area contributed by atoms with Gasteiger partial charge in [0.25, 0.3) is 0 Å². The van der Waals surface area contributed by atoms with Crippen molar-refractivity contribution in [1.29, 1.82) is 0 Å². The van der Waals surface area contributed by atoms with Gasteiger partial charge in [0.1, 0.15) is 5.65 Å². The minimum absolute atomic E-state index is 0.490. The second kappa shape index (κ2) is 7.87. The van der Waals surface area contributed by atoms with Crippen molar-refractivity contribution in [2.45, 2.75) is 36.6 Å². The van der Waals surface area contributed by atoms with Gasteiger partial charge in [-0.05, 0) is 42.9 Å². The molecule has 5 rings (SSSR count). The number of rotatable bonds is 5. The maximum absolute atomic E-state index is 4.79. The Kier molecular flexibility index (Phi) is 4.94. The fraction of sp³-hybridized carbons (Fsp3) is 0.261. The zero-order valence-corrected chi connectivity index (χ0v) is 17.2. The van der Waals surface area contributed by atoms with Crippen molar-refractivity contribution < 1.29 is 0 Å². The van der Waals surface area contributed by atoms with Crippen molar-refractivity contribution in [3.8, 4) is 22.4 Å². The minimum Gasteiger partial charge on any atom is -0.351 e. The average molecular weight is 402 g/mol. The molecule has 1 saturated carbocycles. The van der Waals surface area contributed by atoms with Crippen molar-refractivity contribution in [1.82, 2.24) is 19.9 Å². The Morgan fingerprint density at radius 1 is 1.07 bits per heavy atom. The number of benzene rings is 1. The molecule has 0 aliphatic heterocycles. The van der Waals surface area contributed by atoms with Gasteiger partial charge < -0.3 is 10.3 Å². The number of hydrogen-bond acceptors (Lipinski definition) is 5. The summed E-state index contributed by atoms with van der Waals surface area (Å²) in [5.74, 6) is 0.709. The number of H-pyrrole nitrogens is 1. The molecule has 0 saturated heterocycles. The quantitative estimate of drug-likeness (QED) is 0.416. The molecule has 6 heteroatoms. The largest absolute Gasteiger partial charge is 0.351 e. The highest BCUT2D eigenvalue weighted by atomic mass is 32.2. The van der Waals surface area contributed by atoms with E-state index in [1.807, 2.05) is 24.7 Å². The molecule has 1 aliphatic rings. The van der Waals surface area contributed by atoms with E-state index in [0.29, 0.717) is 12.0 Å². The third-order valence-corrected chi connectivity index (χ3v) is 6.36. The predicted octanol–water partition coefficient (Wildman–Crippen LogP) is 5.76. The Morgan fingerprint density at radius 2 is 1.93 bits per heavy atom. The number of fused-ring (bicyclic) bond motifs is 1. The molecule has 3 heterocycles. The van der Waals surface area contributed by atoms with E-state index in [1.54, 1.807) is 11.8 Å². The van der Waals surface area contributed by atoms with Gasteiger partial charge in [-0.15, -0.1) is 11.8 Å². The maximum Gasteiger partial charge on any atom is 0.223 e. The van der Waals surface area contributed by atoms with Crippen LogP contribution in [0.15, 0.2) is 59.9 Å². The lowest BCUT2D eigenvalue weighted by molar-refractivity contribution is 0.744. The lowest BCUT2D eigenvalue weighted by atomic mass is 10.0. The third-order valence-electron chi connectivity index (χ3n) is 5.57. The summed E-state index contributed by atoms with van der Waals surface area (Å²) in [6.07, 6.45) is 12.8. The first-order valence-corrected chi connectivity index (χ1v) is 11.2. The molecule has 3 aromatic heterocycles. The van der Waals surface area contributed by atoms with Gasteiger partial charge >= 0.3 is 0 Å². The number of aromatic nitrogens is 4. The summed E-state index contributed by atoms with van der Waals surface area (Å²) >= 11 is 1.75. The Bertz CT molecular complexity index is 1150. The van der Waals surface area contributed by atoms with Crippen LogP contribution in [0, 0.1) is 0 Å². The molecule has 5 nitrogen and oxygen atoms in total. The molecule has 146 valence electrons. The molecule has 4 aromatic rings. The van der Waals surface area contributed by atoms with Crippen LogP contribution in [0.25, 0.3) is 33.4 Å². The highest BCUT2D eigenvalue weighted by molar-refractivity contribution is 7.98. The van der Waals surface area contributed by atoms with Gasteiger partial charge in [0, 0.05) is 46.0 Å². The van der Waals surface area contributed by atoms with Crippen molar-refractivity contribution in [2.24, 2.45) is 0 Å². The van der Waals surface area contributed by atoms with Crippen LogP contribution >= 0.6 is 11.8 Å². The minimum atomic E-state index is 0.490. The number of thioether (sulfide) groups is 1. The molecule has 1 aliphatic carbocycles. The fourth-order valence-corrected chi connectivity index (χ4v) is 4.70. The summed E-state index contributed by atoms with van der Waals surface area (Å²) in [6, 6.07) is 13.1. The number of pyridine rings is 1. The van der Waals surface area contributed by atoms with Gasteiger partial charge in [-0.1, -0.05) is 31.0 Å². The summed E-state index contributed by atoms with van der Waals surface area (Å²) in [4.78, 5) is 18.4. The first-order valence-electron chi connectivity index (χ1n) is 10.0. The number of anilines is 1. The fourth-order valence-electron chi connectivity index (χ4n) is 4.08. The van der Waals surface area contributed by atoms with Gasteiger partial charge in [-0.25, -0.2) is 15.0 Å². The standard InChI is InChI=1S/C23H23N5S/c1-29-21-9-5-4-8-17(21)15-12-18-19(14-26-22(18)25-13-15)20-10-11-24-23(28-20)27-16-6-2-3-7-16/h4-5,8-14,16H,2-3,6-7H2,1H3,(H,25,26)(H,24,27,28). The topological polar surface area (TPSA) is 66.5 Å². The molecule has 0 amide bonds. The second-order valence-electron chi connectivity index (χ2n) is 7.41. The molecule has 1 fully saturated rings. The number of nitrogens with one attached hydrogen (secondary N) is 2. The van der Waals surface area contributed by atoms with E-state index in [4.69, 9.17) is 4.98 Å². The summed E-state index contributed by atoms with van der Waals surface area (Å²) in [7, 11) is 0. The van der Waals surface area contributed by atoms with E-state index in [1.165, 1.54) is 36.1 Å². The van der Waals surface area contributed by atoms with Crippen molar-refractivity contribution in [3.63, 3.8) is 0 Å². The first kappa shape index (κ1) is 18.2. The lowest BCUT2D eigenvalue weighted by Crippen LogP contribution is -2.16. The molecule has 1 aromatic carbocycles. The number of aromatic amines is 1. The highest BCUT2D eigenvalue weighted by Gasteiger charge is 2.17. The molecular weight excluding hydrogens is 378 g/mol. The second-order valence-corrected chi connectivity index (χ2v) is 8.26. The van der Waals surface area contributed by atoms with Crippen LogP contribution in [0.4, 0.5) is 5.95 Å². The van der Waals surface area contributed by atoms with E-state index in [0.717, 1.165) is 27.9 Å². The van der Waals surface area contributed by atoms with Gasteiger partial charge in [0.05, 0.1) is 5.69 Å². The van der Waals surface area contributed by atoms with Crippen LogP contribution in [0.5, 0.6) is 0 Å². The molecular formula is C23H23N5S. The molecule has 0 bridgehead atoms. The van der Waals surface area contributed by atoms with E-state index in [9.17, 15) is 0 Å². The number of nitrogens with zero attached hydrogens (tertiary/aromatic N) is 3. The molecule has 0 radical (unpaired) electrons. The average Bonchev–Trinajstić information content (AvgIpc) is 3.43. The molecule has 0 unspecified atom stereocenters. The van der Waals surface area contributed by atoms with Gasteiger partial charge in [0.15, 0.2) is 0 Å². The van der Waals surface area contributed by atoms with Crippen LogP contribution in [-0.2, 0) is 0 Å². The van der Waals surface area contributed by atoms with Crippen molar-refractivity contribution in [2.75, 3.05) is 11.6 Å². The van der Waals surface area contributed by atoms with E-state index >= 15 is 0 Å². The predicted molar refractivity (Wildman–Crippen MR) is 120 cm³/mol. The Labute approximate surface area is 174 Å².